The molecule has 0 spiro atoms. The standard InChI is InChI=1S/C34H44O4Si/c1-26-22-30(38-39(5,6)34(2,3)4)32(36-24-28-18-12-8-13-19-28)33(37-25-29-20-14-9-15-21-29)31(26)35-23-27-16-10-7-11-17-27/h7-21,30-33H,1,22-25H2,2-6H3/t30-,31-,32-,33-/m0/s1. The smallest absolute Gasteiger partial charge is 0.192 e. The molecule has 0 aliphatic heterocycles. The first-order chi connectivity index (χ1) is 18.6. The van der Waals surface area contributed by atoms with Crippen LogP contribution in [0.15, 0.2) is 103 Å². The Morgan fingerprint density at radius 2 is 1.08 bits per heavy atom. The van der Waals surface area contributed by atoms with Crippen LogP contribution in [-0.4, -0.2) is 32.7 Å². The van der Waals surface area contributed by atoms with Crippen LogP contribution < -0.4 is 0 Å². The van der Waals surface area contributed by atoms with Gasteiger partial charge in [-0.2, -0.15) is 0 Å². The van der Waals surface area contributed by atoms with Gasteiger partial charge in [0.15, 0.2) is 8.32 Å². The first-order valence-corrected chi connectivity index (χ1v) is 16.9. The normalized spacial score (nSPS) is 22.1. The van der Waals surface area contributed by atoms with Gasteiger partial charge in [-0.05, 0) is 46.8 Å². The maximum atomic E-state index is 7.03. The van der Waals surface area contributed by atoms with Crippen molar-refractivity contribution in [2.75, 3.05) is 0 Å². The molecule has 4 atom stereocenters. The largest absolute Gasteiger partial charge is 0.411 e. The molecule has 5 heteroatoms. The summed E-state index contributed by atoms with van der Waals surface area (Å²) in [5.41, 5.74) is 4.34. The van der Waals surface area contributed by atoms with E-state index >= 15 is 0 Å². The molecular formula is C34H44O4Si. The fraction of sp³-hybridized carbons (Fsp3) is 0.412. The molecule has 4 rings (SSSR count). The second kappa shape index (κ2) is 13.2. The second-order valence-electron chi connectivity index (χ2n) is 12.0. The van der Waals surface area contributed by atoms with Crippen LogP contribution in [-0.2, 0) is 38.5 Å². The van der Waals surface area contributed by atoms with Gasteiger partial charge in [-0.25, -0.2) is 0 Å². The fourth-order valence-corrected chi connectivity index (χ4v) is 5.99. The number of ether oxygens (including phenoxy) is 3. The maximum absolute atomic E-state index is 7.03. The summed E-state index contributed by atoms with van der Waals surface area (Å²) in [5.74, 6) is 0. The Morgan fingerprint density at radius 1 is 0.667 bits per heavy atom. The highest BCUT2D eigenvalue weighted by Crippen LogP contribution is 2.41. The van der Waals surface area contributed by atoms with Gasteiger partial charge in [-0.3, -0.25) is 0 Å². The Labute approximate surface area is 236 Å². The van der Waals surface area contributed by atoms with Gasteiger partial charge in [-0.1, -0.05) is 118 Å². The van der Waals surface area contributed by atoms with Gasteiger partial charge in [0, 0.05) is 0 Å². The number of hydrogen-bond donors (Lipinski definition) is 0. The molecule has 1 aliphatic rings. The molecule has 0 N–H and O–H groups in total. The van der Waals surface area contributed by atoms with E-state index in [1.54, 1.807) is 0 Å². The Balaban J connectivity index is 1.63. The lowest BCUT2D eigenvalue weighted by Gasteiger charge is -2.47. The molecule has 4 nitrogen and oxygen atoms in total. The van der Waals surface area contributed by atoms with Crippen molar-refractivity contribution in [1.82, 2.24) is 0 Å². The zero-order valence-corrected chi connectivity index (χ0v) is 25.1. The van der Waals surface area contributed by atoms with Crippen LogP contribution in [0.25, 0.3) is 0 Å². The molecule has 0 radical (unpaired) electrons. The number of hydrogen-bond acceptors (Lipinski definition) is 4. The van der Waals surface area contributed by atoms with E-state index in [2.05, 4.69) is 76.8 Å². The van der Waals surface area contributed by atoms with Gasteiger partial charge in [0.2, 0.25) is 0 Å². The molecule has 0 amide bonds. The molecule has 0 heterocycles. The highest BCUT2D eigenvalue weighted by atomic mass is 28.4. The van der Waals surface area contributed by atoms with E-state index in [-0.39, 0.29) is 29.5 Å². The van der Waals surface area contributed by atoms with Crippen molar-refractivity contribution >= 4 is 8.32 Å². The maximum Gasteiger partial charge on any atom is 0.192 e. The average molecular weight is 545 g/mol. The Bertz CT molecular complexity index is 1160. The van der Waals surface area contributed by atoms with Crippen LogP contribution >= 0.6 is 0 Å². The summed E-state index contributed by atoms with van der Waals surface area (Å²) in [6, 6.07) is 30.8. The summed E-state index contributed by atoms with van der Waals surface area (Å²) < 4.78 is 27.0. The molecule has 0 saturated heterocycles. The predicted octanol–water partition coefficient (Wildman–Crippen LogP) is 8.09. The van der Waals surface area contributed by atoms with Crippen LogP contribution in [0.4, 0.5) is 0 Å². The quantitative estimate of drug-likeness (QED) is 0.181. The zero-order chi connectivity index (χ0) is 27.9. The molecule has 39 heavy (non-hydrogen) atoms. The lowest BCUT2D eigenvalue weighted by atomic mass is 9.85. The summed E-state index contributed by atoms with van der Waals surface area (Å²) in [6.07, 6.45) is -0.479. The van der Waals surface area contributed by atoms with E-state index in [1.807, 2.05) is 54.6 Å². The van der Waals surface area contributed by atoms with Crippen LogP contribution in [0.2, 0.25) is 18.1 Å². The SMILES string of the molecule is C=C1C[C@H](O[Si](C)(C)C(C)(C)C)[C@H](OCc2ccccc2)[C@@H](OCc2ccccc2)[C@H]1OCc1ccccc1. The highest BCUT2D eigenvalue weighted by Gasteiger charge is 2.48. The minimum atomic E-state index is -2.10. The summed E-state index contributed by atoms with van der Waals surface area (Å²) in [5, 5.41) is 0.0688. The van der Waals surface area contributed by atoms with Crippen LogP contribution in [0.3, 0.4) is 0 Å². The summed E-state index contributed by atoms with van der Waals surface area (Å²) in [7, 11) is -2.10. The molecule has 0 bridgehead atoms. The van der Waals surface area contributed by atoms with Crippen molar-refractivity contribution in [3.63, 3.8) is 0 Å². The molecule has 0 aromatic heterocycles. The van der Waals surface area contributed by atoms with E-state index < -0.39 is 8.32 Å². The van der Waals surface area contributed by atoms with E-state index in [4.69, 9.17) is 18.6 Å². The zero-order valence-electron chi connectivity index (χ0n) is 24.1. The Kier molecular flexibility index (Phi) is 9.97. The van der Waals surface area contributed by atoms with Crippen molar-refractivity contribution in [3.05, 3.63) is 120 Å². The van der Waals surface area contributed by atoms with E-state index in [9.17, 15) is 0 Å². The third kappa shape index (κ3) is 8.00. The first kappa shape index (κ1) is 29.4. The molecule has 0 unspecified atom stereocenters. The van der Waals surface area contributed by atoms with E-state index in [0.29, 0.717) is 26.2 Å². The second-order valence-corrected chi connectivity index (χ2v) is 16.8. The van der Waals surface area contributed by atoms with Gasteiger partial charge < -0.3 is 18.6 Å². The van der Waals surface area contributed by atoms with Crippen molar-refractivity contribution in [2.45, 2.75) is 89.6 Å². The van der Waals surface area contributed by atoms with E-state index in [1.165, 1.54) is 0 Å². The first-order valence-electron chi connectivity index (χ1n) is 14.0. The number of rotatable bonds is 11. The van der Waals surface area contributed by atoms with Crippen LogP contribution in [0.1, 0.15) is 43.9 Å². The van der Waals surface area contributed by atoms with Crippen LogP contribution in [0, 0.1) is 0 Å². The van der Waals surface area contributed by atoms with Crippen LogP contribution in [0.5, 0.6) is 0 Å². The average Bonchev–Trinajstić information content (AvgIpc) is 2.91. The summed E-state index contributed by atoms with van der Waals surface area (Å²) >= 11 is 0. The fourth-order valence-electron chi connectivity index (χ4n) is 4.66. The topological polar surface area (TPSA) is 36.9 Å². The third-order valence-corrected chi connectivity index (χ3v) is 12.5. The Hall–Kier alpha value is -2.54. The van der Waals surface area contributed by atoms with Gasteiger partial charge in [0.25, 0.3) is 0 Å². The van der Waals surface area contributed by atoms with Crippen molar-refractivity contribution in [2.24, 2.45) is 0 Å². The predicted molar refractivity (Wildman–Crippen MR) is 161 cm³/mol. The molecule has 1 aliphatic carbocycles. The van der Waals surface area contributed by atoms with Gasteiger partial charge in [-0.15, -0.1) is 0 Å². The molecule has 1 fully saturated rings. The molecule has 3 aromatic rings. The van der Waals surface area contributed by atoms with Crippen molar-refractivity contribution in [3.8, 4) is 0 Å². The monoisotopic (exact) mass is 544 g/mol. The summed E-state index contributed by atoms with van der Waals surface area (Å²) in [6.45, 7) is 17.3. The van der Waals surface area contributed by atoms with E-state index in [0.717, 1.165) is 22.3 Å². The summed E-state index contributed by atoms with van der Waals surface area (Å²) in [4.78, 5) is 0. The van der Waals surface area contributed by atoms with Gasteiger partial charge >= 0.3 is 0 Å². The minimum absolute atomic E-state index is 0.0688. The molecule has 1 saturated carbocycles. The molecule has 3 aromatic carbocycles. The van der Waals surface area contributed by atoms with Crippen molar-refractivity contribution < 1.29 is 18.6 Å². The molecular weight excluding hydrogens is 500 g/mol. The van der Waals surface area contributed by atoms with Gasteiger partial charge in [0.1, 0.15) is 18.3 Å². The lowest BCUT2D eigenvalue weighted by molar-refractivity contribution is -0.182. The number of benzene rings is 3. The highest BCUT2D eigenvalue weighted by molar-refractivity contribution is 6.74. The Morgan fingerprint density at radius 3 is 1.51 bits per heavy atom. The molecule has 208 valence electrons. The minimum Gasteiger partial charge on any atom is -0.411 e. The third-order valence-electron chi connectivity index (χ3n) is 7.95. The van der Waals surface area contributed by atoms with Crippen molar-refractivity contribution in [1.29, 1.82) is 0 Å². The lowest BCUT2D eigenvalue weighted by Crippen LogP contribution is -2.57. The van der Waals surface area contributed by atoms with Gasteiger partial charge in [0.05, 0.1) is 25.9 Å².